The molecule has 0 aliphatic carbocycles. The molecule has 2 aromatic rings. The van der Waals surface area contributed by atoms with E-state index in [4.69, 9.17) is 9.84 Å². The Morgan fingerprint density at radius 3 is 2.86 bits per heavy atom. The van der Waals surface area contributed by atoms with Gasteiger partial charge in [-0.25, -0.2) is 9.78 Å². The van der Waals surface area contributed by atoms with Crippen molar-refractivity contribution in [2.75, 3.05) is 6.61 Å². The molecule has 0 spiro atoms. The second-order valence-corrected chi connectivity index (χ2v) is 4.86. The molecular formula is C15H14N2O4. The summed E-state index contributed by atoms with van der Waals surface area (Å²) in [6, 6.07) is 8.54. The summed E-state index contributed by atoms with van der Waals surface area (Å²) in [5, 5.41) is 13.1. The van der Waals surface area contributed by atoms with Gasteiger partial charge < -0.3 is 15.2 Å². The van der Waals surface area contributed by atoms with Crippen LogP contribution in [-0.4, -0.2) is 34.8 Å². The molecule has 0 radical (unpaired) electrons. The molecule has 1 aliphatic rings. The monoisotopic (exact) mass is 286 g/mol. The molecule has 1 aliphatic heterocycles. The van der Waals surface area contributed by atoms with Crippen LogP contribution in [0.3, 0.4) is 0 Å². The number of ether oxygens (including phenoxy) is 1. The van der Waals surface area contributed by atoms with Crippen LogP contribution in [0.4, 0.5) is 0 Å². The normalized spacial score (nSPS) is 17.8. The van der Waals surface area contributed by atoms with Gasteiger partial charge in [0.25, 0.3) is 5.91 Å². The van der Waals surface area contributed by atoms with Crippen molar-refractivity contribution in [1.29, 1.82) is 0 Å². The molecule has 21 heavy (non-hydrogen) atoms. The van der Waals surface area contributed by atoms with Gasteiger partial charge in [-0.05, 0) is 24.3 Å². The van der Waals surface area contributed by atoms with Crippen molar-refractivity contribution in [3.05, 3.63) is 41.7 Å². The van der Waals surface area contributed by atoms with E-state index in [2.05, 4.69) is 10.3 Å². The smallest absolute Gasteiger partial charge is 0.354 e. The summed E-state index contributed by atoms with van der Waals surface area (Å²) in [6.07, 6.45) is 1.32. The number of carbonyl (C=O) groups is 2. The number of hydrogen-bond donors (Lipinski definition) is 2. The fourth-order valence-electron chi connectivity index (χ4n) is 2.39. The summed E-state index contributed by atoms with van der Waals surface area (Å²) in [7, 11) is 0. The summed E-state index contributed by atoms with van der Waals surface area (Å²) in [4.78, 5) is 27.5. The Labute approximate surface area is 120 Å². The van der Waals surface area contributed by atoms with Gasteiger partial charge in [-0.15, -0.1) is 0 Å². The zero-order valence-electron chi connectivity index (χ0n) is 11.2. The van der Waals surface area contributed by atoms with E-state index >= 15 is 0 Å². The summed E-state index contributed by atoms with van der Waals surface area (Å²) < 4.78 is 5.36. The van der Waals surface area contributed by atoms with E-state index in [0.29, 0.717) is 17.4 Å². The van der Waals surface area contributed by atoms with Gasteiger partial charge in [0.15, 0.2) is 0 Å². The van der Waals surface area contributed by atoms with Gasteiger partial charge in [0.2, 0.25) is 0 Å². The molecule has 2 heterocycles. The third-order valence-electron chi connectivity index (χ3n) is 3.40. The molecule has 1 aromatic heterocycles. The molecule has 1 fully saturated rings. The summed E-state index contributed by atoms with van der Waals surface area (Å²) in [5.74, 6) is -1.58. The van der Waals surface area contributed by atoms with Crippen LogP contribution in [0.2, 0.25) is 0 Å². The van der Waals surface area contributed by atoms with Gasteiger partial charge in [-0.1, -0.05) is 24.3 Å². The van der Waals surface area contributed by atoms with E-state index in [1.54, 1.807) is 24.3 Å². The van der Waals surface area contributed by atoms with Crippen LogP contribution in [0, 0.1) is 0 Å². The zero-order chi connectivity index (χ0) is 14.8. The molecule has 1 atom stereocenters. The zero-order valence-corrected chi connectivity index (χ0v) is 11.2. The van der Waals surface area contributed by atoms with Crippen LogP contribution in [0.5, 0.6) is 0 Å². The summed E-state index contributed by atoms with van der Waals surface area (Å²) >= 11 is 0. The van der Waals surface area contributed by atoms with Gasteiger partial charge in [-0.3, -0.25) is 4.79 Å². The van der Waals surface area contributed by atoms with Gasteiger partial charge in [0, 0.05) is 12.0 Å². The Morgan fingerprint density at radius 1 is 1.33 bits per heavy atom. The number of nitrogens with one attached hydrogen (secondary N) is 1. The van der Waals surface area contributed by atoms with Crippen molar-refractivity contribution >= 4 is 22.6 Å². The number of carboxylic acids is 1. The lowest BCUT2D eigenvalue weighted by atomic mass is 10.1. The van der Waals surface area contributed by atoms with E-state index in [1.807, 2.05) is 0 Å². The number of carboxylic acid groups (broad SMARTS) is 1. The second kappa shape index (κ2) is 5.49. The largest absolute Gasteiger partial charge is 0.477 e. The molecular weight excluding hydrogens is 272 g/mol. The maximum atomic E-state index is 12.3. The maximum Gasteiger partial charge on any atom is 0.354 e. The maximum absolute atomic E-state index is 12.3. The van der Waals surface area contributed by atoms with Gasteiger partial charge in [0.05, 0.1) is 0 Å². The lowest BCUT2D eigenvalue weighted by Gasteiger charge is -2.13. The number of rotatable bonds is 3. The van der Waals surface area contributed by atoms with Crippen molar-refractivity contribution in [3.63, 3.8) is 0 Å². The predicted molar refractivity (Wildman–Crippen MR) is 75.1 cm³/mol. The van der Waals surface area contributed by atoms with Crippen LogP contribution in [0.1, 0.15) is 33.8 Å². The molecule has 2 N–H and O–H groups in total. The molecule has 1 amide bonds. The van der Waals surface area contributed by atoms with Crippen LogP contribution in [-0.2, 0) is 4.74 Å². The van der Waals surface area contributed by atoms with E-state index < -0.39 is 11.9 Å². The Bertz CT molecular complexity index is 708. The van der Waals surface area contributed by atoms with Crippen LogP contribution >= 0.6 is 0 Å². The van der Waals surface area contributed by atoms with Crippen LogP contribution in [0.25, 0.3) is 10.8 Å². The van der Waals surface area contributed by atoms with Crippen molar-refractivity contribution in [2.45, 2.75) is 19.1 Å². The van der Waals surface area contributed by atoms with E-state index in [-0.39, 0.29) is 17.6 Å². The average Bonchev–Trinajstić information content (AvgIpc) is 2.98. The minimum absolute atomic E-state index is 0.112. The number of amides is 1. The quantitative estimate of drug-likeness (QED) is 0.898. The first kappa shape index (κ1) is 13.5. The Balaban J connectivity index is 2.02. The highest BCUT2D eigenvalue weighted by molar-refractivity contribution is 6.07. The molecule has 6 heteroatoms. The number of pyridine rings is 1. The van der Waals surface area contributed by atoms with Crippen LogP contribution < -0.4 is 5.32 Å². The number of nitrogens with zero attached hydrogens (tertiary/aromatic N) is 1. The van der Waals surface area contributed by atoms with Crippen molar-refractivity contribution in [1.82, 2.24) is 10.3 Å². The van der Waals surface area contributed by atoms with Crippen LogP contribution in [0.15, 0.2) is 30.3 Å². The summed E-state index contributed by atoms with van der Waals surface area (Å²) in [6.45, 7) is 0.619. The molecule has 1 aromatic carbocycles. The third-order valence-corrected chi connectivity index (χ3v) is 3.40. The SMILES string of the molecule is O=C(O)c1cc2ccccc2c(C(=O)NC2CCCO2)n1. The Hall–Kier alpha value is -2.47. The van der Waals surface area contributed by atoms with E-state index in [0.717, 1.165) is 12.8 Å². The standard InChI is InChI=1S/C15H14N2O4/c18-14(17-12-6-3-7-21-12)13-10-5-2-1-4-9(10)8-11(16-13)15(19)20/h1-2,4-5,8,12H,3,6-7H2,(H,17,18)(H,19,20). The fourth-order valence-corrected chi connectivity index (χ4v) is 2.39. The van der Waals surface area contributed by atoms with Gasteiger partial charge in [-0.2, -0.15) is 0 Å². The minimum Gasteiger partial charge on any atom is -0.477 e. The number of carbonyl (C=O) groups excluding carboxylic acids is 1. The van der Waals surface area contributed by atoms with Crippen molar-refractivity contribution < 1.29 is 19.4 Å². The molecule has 108 valence electrons. The molecule has 0 saturated carbocycles. The Kier molecular flexibility index (Phi) is 3.53. The molecule has 1 saturated heterocycles. The highest BCUT2D eigenvalue weighted by Crippen LogP contribution is 2.19. The topological polar surface area (TPSA) is 88.5 Å². The number of hydrogen-bond acceptors (Lipinski definition) is 4. The third kappa shape index (κ3) is 2.71. The van der Waals surface area contributed by atoms with Gasteiger partial charge >= 0.3 is 5.97 Å². The summed E-state index contributed by atoms with van der Waals surface area (Å²) in [5.41, 5.74) is -0.0350. The first-order valence-corrected chi connectivity index (χ1v) is 6.71. The molecule has 6 nitrogen and oxygen atoms in total. The number of fused-ring (bicyclic) bond motifs is 1. The molecule has 3 rings (SSSR count). The second-order valence-electron chi connectivity index (χ2n) is 4.86. The lowest BCUT2D eigenvalue weighted by Crippen LogP contribution is -2.34. The van der Waals surface area contributed by atoms with Gasteiger partial charge in [0.1, 0.15) is 17.6 Å². The van der Waals surface area contributed by atoms with Crippen molar-refractivity contribution in [2.24, 2.45) is 0 Å². The fraction of sp³-hybridized carbons (Fsp3) is 0.267. The van der Waals surface area contributed by atoms with Crippen molar-refractivity contribution in [3.8, 4) is 0 Å². The first-order chi connectivity index (χ1) is 10.1. The lowest BCUT2D eigenvalue weighted by molar-refractivity contribution is 0.0637. The average molecular weight is 286 g/mol. The highest BCUT2D eigenvalue weighted by atomic mass is 16.5. The number of aromatic carboxylic acids is 1. The number of benzene rings is 1. The molecule has 1 unspecified atom stereocenters. The van der Waals surface area contributed by atoms with E-state index in [1.165, 1.54) is 6.07 Å². The highest BCUT2D eigenvalue weighted by Gasteiger charge is 2.22. The Morgan fingerprint density at radius 2 is 2.14 bits per heavy atom. The number of aromatic nitrogens is 1. The van der Waals surface area contributed by atoms with E-state index in [9.17, 15) is 9.59 Å². The molecule has 0 bridgehead atoms. The first-order valence-electron chi connectivity index (χ1n) is 6.71. The predicted octanol–water partition coefficient (Wildman–Crippen LogP) is 1.80. The minimum atomic E-state index is -1.16.